The molecule has 0 saturated heterocycles. The van der Waals surface area contributed by atoms with Crippen LogP contribution in [0.4, 0.5) is 5.69 Å². The second kappa shape index (κ2) is 6.16. The van der Waals surface area contributed by atoms with Crippen LogP contribution in [-0.2, 0) is 6.54 Å². The summed E-state index contributed by atoms with van der Waals surface area (Å²) < 4.78 is 0. The first-order valence-electron chi connectivity index (χ1n) is 5.99. The Bertz CT molecular complexity index is 433. The van der Waals surface area contributed by atoms with Gasteiger partial charge in [-0.25, -0.2) is 0 Å². The number of nitro benzene ring substituents is 1. The average molecular weight is 271 g/mol. The fourth-order valence-corrected chi connectivity index (χ4v) is 1.70. The van der Waals surface area contributed by atoms with Crippen LogP contribution in [0.1, 0.15) is 32.8 Å². The van der Waals surface area contributed by atoms with E-state index in [9.17, 15) is 10.1 Å². The molecule has 1 N–H and O–H groups in total. The van der Waals surface area contributed by atoms with Crippen LogP contribution in [-0.4, -0.2) is 11.5 Å². The van der Waals surface area contributed by atoms with Crippen LogP contribution in [0.5, 0.6) is 0 Å². The smallest absolute Gasteiger partial charge is 0.270 e. The number of rotatable bonds is 6. The molecule has 4 nitrogen and oxygen atoms in total. The summed E-state index contributed by atoms with van der Waals surface area (Å²) in [6, 6.07) is 4.57. The summed E-state index contributed by atoms with van der Waals surface area (Å²) in [5, 5.41) is 14.3. The van der Waals surface area contributed by atoms with Crippen molar-refractivity contribution in [3.05, 3.63) is 38.9 Å². The van der Waals surface area contributed by atoms with Gasteiger partial charge in [0, 0.05) is 25.2 Å². The fourth-order valence-electron chi connectivity index (χ4n) is 1.45. The molecule has 0 saturated carbocycles. The van der Waals surface area contributed by atoms with Crippen molar-refractivity contribution in [3.8, 4) is 0 Å². The molecule has 0 aliphatic carbocycles. The Hall–Kier alpha value is -1.13. The van der Waals surface area contributed by atoms with E-state index in [1.807, 2.05) is 0 Å². The van der Waals surface area contributed by atoms with Gasteiger partial charge in [0.15, 0.2) is 0 Å². The lowest BCUT2D eigenvalue weighted by Gasteiger charge is -2.23. The highest BCUT2D eigenvalue weighted by atomic mass is 35.5. The van der Waals surface area contributed by atoms with Crippen LogP contribution in [0, 0.1) is 15.5 Å². The molecule has 1 aromatic carbocycles. The molecule has 0 radical (unpaired) electrons. The number of nitrogens with zero attached hydrogens (tertiary/aromatic N) is 1. The second-order valence-corrected chi connectivity index (χ2v) is 5.56. The molecule has 1 rings (SSSR count). The van der Waals surface area contributed by atoms with E-state index < -0.39 is 4.92 Å². The van der Waals surface area contributed by atoms with E-state index in [4.69, 9.17) is 11.6 Å². The Morgan fingerprint density at radius 3 is 2.61 bits per heavy atom. The van der Waals surface area contributed by atoms with Crippen LogP contribution < -0.4 is 5.32 Å². The average Bonchev–Trinajstić information content (AvgIpc) is 2.31. The largest absolute Gasteiger partial charge is 0.312 e. The quantitative estimate of drug-likeness (QED) is 0.632. The SMILES string of the molecule is CCC(C)(C)CNCc1ccc([N+](=O)[O-])cc1Cl. The molecule has 1 aromatic rings. The Kier molecular flexibility index (Phi) is 5.11. The third-order valence-electron chi connectivity index (χ3n) is 3.12. The molecule has 0 amide bonds. The number of benzene rings is 1. The van der Waals surface area contributed by atoms with Crippen LogP contribution in [0.25, 0.3) is 0 Å². The van der Waals surface area contributed by atoms with Gasteiger partial charge in [0.25, 0.3) is 5.69 Å². The van der Waals surface area contributed by atoms with Gasteiger partial charge < -0.3 is 5.32 Å². The molecular weight excluding hydrogens is 252 g/mol. The van der Waals surface area contributed by atoms with E-state index in [0.717, 1.165) is 18.5 Å². The minimum absolute atomic E-state index is 0.0256. The highest BCUT2D eigenvalue weighted by Gasteiger charge is 2.15. The van der Waals surface area contributed by atoms with Crippen LogP contribution in [0.3, 0.4) is 0 Å². The molecule has 0 aliphatic rings. The molecule has 0 bridgehead atoms. The maximum absolute atomic E-state index is 10.6. The van der Waals surface area contributed by atoms with Crippen LogP contribution in [0.15, 0.2) is 18.2 Å². The molecule has 0 spiro atoms. The summed E-state index contributed by atoms with van der Waals surface area (Å²) in [7, 11) is 0. The minimum atomic E-state index is -0.441. The first-order valence-corrected chi connectivity index (χ1v) is 6.37. The van der Waals surface area contributed by atoms with Crippen molar-refractivity contribution in [1.82, 2.24) is 5.32 Å². The Balaban J connectivity index is 2.61. The summed E-state index contributed by atoms with van der Waals surface area (Å²) in [5.41, 5.74) is 1.15. The molecule has 0 aliphatic heterocycles. The van der Waals surface area contributed by atoms with E-state index in [1.54, 1.807) is 6.07 Å². The highest BCUT2D eigenvalue weighted by molar-refractivity contribution is 6.31. The summed E-state index contributed by atoms with van der Waals surface area (Å²) >= 11 is 6.01. The number of hydrogen-bond donors (Lipinski definition) is 1. The van der Waals surface area contributed by atoms with Crippen molar-refractivity contribution in [3.63, 3.8) is 0 Å². The van der Waals surface area contributed by atoms with Gasteiger partial charge in [-0.1, -0.05) is 32.4 Å². The topological polar surface area (TPSA) is 55.2 Å². The van der Waals surface area contributed by atoms with Crippen molar-refractivity contribution in [2.45, 2.75) is 33.7 Å². The van der Waals surface area contributed by atoms with Gasteiger partial charge in [-0.2, -0.15) is 0 Å². The third kappa shape index (κ3) is 4.27. The van der Waals surface area contributed by atoms with Crippen LogP contribution in [0.2, 0.25) is 5.02 Å². The first kappa shape index (κ1) is 14.9. The maximum atomic E-state index is 10.6. The lowest BCUT2D eigenvalue weighted by molar-refractivity contribution is -0.384. The van der Waals surface area contributed by atoms with Gasteiger partial charge in [0.05, 0.1) is 9.95 Å². The fraction of sp³-hybridized carbons (Fsp3) is 0.538. The Labute approximate surface area is 112 Å². The van der Waals surface area contributed by atoms with Crippen molar-refractivity contribution >= 4 is 17.3 Å². The van der Waals surface area contributed by atoms with E-state index in [-0.39, 0.29) is 11.1 Å². The van der Waals surface area contributed by atoms with Gasteiger partial charge in [-0.15, -0.1) is 0 Å². The monoisotopic (exact) mass is 270 g/mol. The molecule has 0 atom stereocenters. The van der Waals surface area contributed by atoms with Gasteiger partial charge in [0.1, 0.15) is 0 Å². The number of hydrogen-bond acceptors (Lipinski definition) is 3. The second-order valence-electron chi connectivity index (χ2n) is 5.15. The van der Waals surface area contributed by atoms with E-state index in [0.29, 0.717) is 11.6 Å². The predicted molar refractivity (Wildman–Crippen MR) is 73.9 cm³/mol. The van der Waals surface area contributed by atoms with Crippen molar-refractivity contribution in [2.24, 2.45) is 5.41 Å². The zero-order valence-corrected chi connectivity index (χ0v) is 11.8. The minimum Gasteiger partial charge on any atom is -0.312 e. The van der Waals surface area contributed by atoms with E-state index in [1.165, 1.54) is 12.1 Å². The predicted octanol–water partition coefficient (Wildman–Crippen LogP) is 3.77. The summed E-state index contributed by atoms with van der Waals surface area (Å²) in [6.45, 7) is 8.05. The zero-order chi connectivity index (χ0) is 13.8. The van der Waals surface area contributed by atoms with E-state index in [2.05, 4.69) is 26.1 Å². The molecule has 0 aromatic heterocycles. The Morgan fingerprint density at radius 2 is 2.11 bits per heavy atom. The lowest BCUT2D eigenvalue weighted by Crippen LogP contribution is -2.28. The highest BCUT2D eigenvalue weighted by Crippen LogP contribution is 2.23. The summed E-state index contributed by atoms with van der Waals surface area (Å²) in [4.78, 5) is 10.1. The van der Waals surface area contributed by atoms with Gasteiger partial charge in [0.2, 0.25) is 0 Å². The van der Waals surface area contributed by atoms with Crippen molar-refractivity contribution < 1.29 is 4.92 Å². The normalized spacial score (nSPS) is 11.6. The maximum Gasteiger partial charge on any atom is 0.270 e. The number of halogens is 1. The lowest BCUT2D eigenvalue weighted by atomic mass is 9.90. The molecular formula is C13H19ClN2O2. The summed E-state index contributed by atoms with van der Waals surface area (Å²) in [5.74, 6) is 0. The number of nitro groups is 1. The molecule has 0 heterocycles. The molecule has 0 unspecified atom stereocenters. The number of non-ortho nitro benzene ring substituents is 1. The molecule has 0 fully saturated rings. The Morgan fingerprint density at radius 1 is 1.44 bits per heavy atom. The first-order chi connectivity index (χ1) is 8.35. The molecule has 18 heavy (non-hydrogen) atoms. The van der Waals surface area contributed by atoms with Crippen LogP contribution >= 0.6 is 11.6 Å². The van der Waals surface area contributed by atoms with Crippen molar-refractivity contribution in [1.29, 1.82) is 0 Å². The number of nitrogens with one attached hydrogen (secondary N) is 1. The van der Waals surface area contributed by atoms with Gasteiger partial charge >= 0.3 is 0 Å². The van der Waals surface area contributed by atoms with E-state index >= 15 is 0 Å². The summed E-state index contributed by atoms with van der Waals surface area (Å²) in [6.07, 6.45) is 1.09. The standard InChI is InChI=1S/C13H19ClN2O2/c1-4-13(2,3)9-15-8-10-5-6-11(16(17)18)7-12(10)14/h5-7,15H,4,8-9H2,1-3H3. The third-order valence-corrected chi connectivity index (χ3v) is 3.48. The zero-order valence-electron chi connectivity index (χ0n) is 11.0. The molecule has 100 valence electrons. The van der Waals surface area contributed by atoms with Gasteiger partial charge in [-0.3, -0.25) is 10.1 Å². The molecule has 5 heteroatoms. The van der Waals surface area contributed by atoms with Crippen molar-refractivity contribution in [2.75, 3.05) is 6.54 Å². The van der Waals surface area contributed by atoms with Gasteiger partial charge in [-0.05, 0) is 23.5 Å².